The molecule has 5 nitrogen and oxygen atoms in total. The number of nitrogen functional groups attached to an aromatic ring is 1. The molecular weight excluding hydrogens is 296 g/mol. The quantitative estimate of drug-likeness (QED) is 0.560. The van der Waals surface area contributed by atoms with Gasteiger partial charge in [0.2, 0.25) is 5.92 Å². The molecule has 2 N–H and O–H groups in total. The van der Waals surface area contributed by atoms with E-state index in [9.17, 15) is 8.78 Å². The van der Waals surface area contributed by atoms with E-state index in [1.807, 2.05) is 0 Å². The van der Waals surface area contributed by atoms with Gasteiger partial charge in [-0.2, -0.15) is 0 Å². The Morgan fingerprint density at radius 1 is 1.33 bits per heavy atom. The monoisotopic (exact) mass is 321 g/mol. The predicted molar refractivity (Wildman–Crippen MR) is 81.5 cm³/mol. The van der Waals surface area contributed by atoms with E-state index in [4.69, 9.17) is 15.2 Å². The fourth-order valence-electron chi connectivity index (χ4n) is 1.46. The summed E-state index contributed by atoms with van der Waals surface area (Å²) in [6, 6.07) is 1.07. The molecule has 0 atom stereocenters. The summed E-state index contributed by atoms with van der Waals surface area (Å²) in [5, 5.41) is 4.07. The second-order valence-corrected chi connectivity index (χ2v) is 12.1. The minimum absolute atomic E-state index is 0.124. The third-order valence-corrected chi connectivity index (χ3v) is 4.46. The lowest BCUT2D eigenvalue weighted by atomic mass is 10.3. The van der Waals surface area contributed by atoms with E-state index in [1.54, 1.807) is 6.20 Å². The van der Waals surface area contributed by atoms with Crippen LogP contribution in [0.4, 0.5) is 14.5 Å². The molecule has 1 heterocycles. The van der Waals surface area contributed by atoms with Gasteiger partial charge in [0.25, 0.3) is 5.88 Å². The van der Waals surface area contributed by atoms with Crippen LogP contribution in [0.15, 0.2) is 6.20 Å². The van der Waals surface area contributed by atoms with Crippen molar-refractivity contribution in [2.24, 2.45) is 0 Å². The van der Waals surface area contributed by atoms with Gasteiger partial charge in [0.05, 0.1) is 12.8 Å². The van der Waals surface area contributed by atoms with Crippen LogP contribution in [0.3, 0.4) is 0 Å². The SMILES string of the molecule is CC(F)(F)CCOc1nn(COCC[Si](C)(C)C)cc1N. The van der Waals surface area contributed by atoms with Crippen LogP contribution in [-0.4, -0.2) is 37.0 Å². The van der Waals surface area contributed by atoms with Gasteiger partial charge in [0.1, 0.15) is 12.4 Å². The maximum atomic E-state index is 12.7. The number of rotatable bonds is 9. The smallest absolute Gasteiger partial charge is 0.256 e. The first kappa shape index (κ1) is 17.9. The van der Waals surface area contributed by atoms with Crippen LogP contribution < -0.4 is 10.5 Å². The number of hydrogen-bond donors (Lipinski definition) is 1. The van der Waals surface area contributed by atoms with E-state index in [2.05, 4.69) is 24.7 Å². The zero-order valence-corrected chi connectivity index (χ0v) is 14.2. The first-order valence-corrected chi connectivity index (χ1v) is 10.7. The Labute approximate surface area is 125 Å². The maximum Gasteiger partial charge on any atom is 0.256 e. The molecule has 0 spiro atoms. The van der Waals surface area contributed by atoms with Crippen LogP contribution in [-0.2, 0) is 11.5 Å². The Morgan fingerprint density at radius 3 is 2.57 bits per heavy atom. The lowest BCUT2D eigenvalue weighted by molar-refractivity contribution is 0.000241. The molecule has 0 saturated heterocycles. The minimum atomic E-state index is -2.75. The molecule has 0 aromatic carbocycles. The van der Waals surface area contributed by atoms with Gasteiger partial charge < -0.3 is 15.2 Å². The second-order valence-electron chi connectivity index (χ2n) is 6.45. The van der Waals surface area contributed by atoms with Crippen LogP contribution in [0.5, 0.6) is 5.88 Å². The molecule has 0 aliphatic carbocycles. The standard InChI is InChI=1S/C13H25F2N3O2Si/c1-13(14,15)5-6-20-12-11(16)9-18(17-12)10-19-7-8-21(2,3)4/h9H,5-8,10,16H2,1-4H3. The van der Waals surface area contributed by atoms with E-state index in [0.717, 1.165) is 13.0 Å². The number of halogens is 2. The molecule has 0 aliphatic heterocycles. The fraction of sp³-hybridized carbons (Fsp3) is 0.769. The molecule has 0 amide bonds. The third-order valence-electron chi connectivity index (χ3n) is 2.75. The van der Waals surface area contributed by atoms with Crippen molar-refractivity contribution >= 4 is 13.8 Å². The lowest BCUT2D eigenvalue weighted by Crippen LogP contribution is -2.22. The molecule has 1 aromatic rings. The summed E-state index contributed by atoms with van der Waals surface area (Å²) in [6.07, 6.45) is 1.21. The summed E-state index contributed by atoms with van der Waals surface area (Å²) in [6.45, 7) is 8.51. The van der Waals surface area contributed by atoms with Crippen molar-refractivity contribution in [2.45, 2.75) is 51.7 Å². The Kier molecular flexibility index (Phi) is 6.15. The molecule has 0 radical (unpaired) electrons. The highest BCUT2D eigenvalue weighted by Crippen LogP contribution is 2.21. The average Bonchev–Trinajstić information content (AvgIpc) is 2.63. The lowest BCUT2D eigenvalue weighted by Gasteiger charge is -2.15. The minimum Gasteiger partial charge on any atom is -0.475 e. The van der Waals surface area contributed by atoms with E-state index in [0.29, 0.717) is 12.3 Å². The van der Waals surface area contributed by atoms with E-state index < -0.39 is 14.0 Å². The van der Waals surface area contributed by atoms with Crippen molar-refractivity contribution in [1.82, 2.24) is 9.78 Å². The molecule has 0 bridgehead atoms. The topological polar surface area (TPSA) is 62.3 Å². The summed E-state index contributed by atoms with van der Waals surface area (Å²) < 4.78 is 37.6. The van der Waals surface area contributed by atoms with Gasteiger partial charge in [-0.15, -0.1) is 5.10 Å². The predicted octanol–water partition coefficient (Wildman–Crippen LogP) is 3.20. The first-order chi connectivity index (χ1) is 9.57. The van der Waals surface area contributed by atoms with Gasteiger partial charge in [0.15, 0.2) is 0 Å². The van der Waals surface area contributed by atoms with Crippen molar-refractivity contribution in [3.63, 3.8) is 0 Å². The highest BCUT2D eigenvalue weighted by Gasteiger charge is 2.21. The number of hydrogen-bond acceptors (Lipinski definition) is 4. The second kappa shape index (κ2) is 7.21. The van der Waals surface area contributed by atoms with Gasteiger partial charge in [-0.25, -0.2) is 13.5 Å². The average molecular weight is 321 g/mol. The van der Waals surface area contributed by atoms with Crippen molar-refractivity contribution in [1.29, 1.82) is 0 Å². The number of nitrogens with zero attached hydrogens (tertiary/aromatic N) is 2. The molecular formula is C13H25F2N3O2Si. The largest absolute Gasteiger partial charge is 0.475 e. The molecule has 122 valence electrons. The molecule has 0 unspecified atom stereocenters. The van der Waals surface area contributed by atoms with Crippen LogP contribution in [0.25, 0.3) is 0 Å². The molecule has 0 fully saturated rings. The van der Waals surface area contributed by atoms with Crippen LogP contribution >= 0.6 is 0 Å². The first-order valence-electron chi connectivity index (χ1n) is 6.98. The molecule has 1 rings (SSSR count). The number of nitrogens with two attached hydrogens (primary N) is 1. The van der Waals surface area contributed by atoms with E-state index in [1.165, 1.54) is 4.68 Å². The number of ether oxygens (including phenoxy) is 2. The highest BCUT2D eigenvalue weighted by molar-refractivity contribution is 6.76. The van der Waals surface area contributed by atoms with Crippen LogP contribution in [0.1, 0.15) is 13.3 Å². The summed E-state index contributed by atoms with van der Waals surface area (Å²) in [5.41, 5.74) is 6.04. The summed E-state index contributed by atoms with van der Waals surface area (Å²) >= 11 is 0. The Bertz CT molecular complexity index is 442. The molecule has 0 saturated carbocycles. The van der Waals surface area contributed by atoms with E-state index >= 15 is 0 Å². The summed E-state index contributed by atoms with van der Waals surface area (Å²) in [7, 11) is -1.11. The van der Waals surface area contributed by atoms with Gasteiger partial charge in [0, 0.05) is 21.1 Å². The van der Waals surface area contributed by atoms with Crippen molar-refractivity contribution in [3.8, 4) is 5.88 Å². The van der Waals surface area contributed by atoms with E-state index in [-0.39, 0.29) is 25.6 Å². The van der Waals surface area contributed by atoms with Crippen molar-refractivity contribution in [2.75, 3.05) is 18.9 Å². The van der Waals surface area contributed by atoms with Crippen LogP contribution in [0.2, 0.25) is 25.7 Å². The Morgan fingerprint density at radius 2 is 2.00 bits per heavy atom. The van der Waals surface area contributed by atoms with Gasteiger partial charge in [-0.1, -0.05) is 19.6 Å². The number of anilines is 1. The molecule has 21 heavy (non-hydrogen) atoms. The van der Waals surface area contributed by atoms with Gasteiger partial charge in [-0.05, 0) is 13.0 Å². The third kappa shape index (κ3) is 8.01. The Balaban J connectivity index is 2.36. The number of alkyl halides is 2. The van der Waals surface area contributed by atoms with Gasteiger partial charge >= 0.3 is 0 Å². The molecule has 8 heteroatoms. The van der Waals surface area contributed by atoms with Crippen LogP contribution in [0, 0.1) is 0 Å². The molecule has 1 aromatic heterocycles. The number of aromatic nitrogens is 2. The summed E-state index contributed by atoms with van der Waals surface area (Å²) in [5.74, 6) is -2.58. The van der Waals surface area contributed by atoms with Crippen molar-refractivity contribution < 1.29 is 18.3 Å². The molecule has 0 aliphatic rings. The highest BCUT2D eigenvalue weighted by atomic mass is 28.3. The fourth-order valence-corrected chi connectivity index (χ4v) is 2.22. The maximum absolute atomic E-state index is 12.7. The zero-order chi connectivity index (χ0) is 16.1. The van der Waals surface area contributed by atoms with Crippen molar-refractivity contribution in [3.05, 3.63) is 6.20 Å². The summed E-state index contributed by atoms with van der Waals surface area (Å²) in [4.78, 5) is 0. The van der Waals surface area contributed by atoms with Gasteiger partial charge in [-0.3, -0.25) is 0 Å². The Hall–Kier alpha value is -1.15. The normalized spacial score (nSPS) is 12.7. The zero-order valence-electron chi connectivity index (χ0n) is 13.2.